The van der Waals surface area contributed by atoms with Crippen molar-refractivity contribution in [3.05, 3.63) is 66.1 Å². The zero-order chi connectivity index (χ0) is 26.8. The Morgan fingerprint density at radius 2 is 1.74 bits per heavy atom. The highest BCUT2D eigenvalue weighted by Crippen LogP contribution is 2.41. The molecule has 0 bridgehead atoms. The van der Waals surface area contributed by atoms with Crippen LogP contribution in [0.3, 0.4) is 0 Å². The number of fused-ring (bicyclic) bond motifs is 3. The molecule has 2 aliphatic carbocycles. The molecule has 2 saturated carbocycles. The van der Waals surface area contributed by atoms with Crippen molar-refractivity contribution in [3.8, 4) is 5.75 Å². The predicted octanol–water partition coefficient (Wildman–Crippen LogP) is 6.93. The molecular weight excluding hydrogens is 490 g/mol. The van der Waals surface area contributed by atoms with Crippen LogP contribution in [-0.4, -0.2) is 38.4 Å². The van der Waals surface area contributed by atoms with Gasteiger partial charge in [0.25, 0.3) is 0 Å². The summed E-state index contributed by atoms with van der Waals surface area (Å²) in [6.07, 6.45) is 14.8. The fraction of sp³-hybridized carbons (Fsp3) is 0.438. The van der Waals surface area contributed by atoms with E-state index in [0.29, 0.717) is 42.3 Å². The molecule has 2 aliphatic rings. The number of ketones is 1. The third-order valence-corrected chi connectivity index (χ3v) is 8.91. The van der Waals surface area contributed by atoms with Crippen LogP contribution in [0.4, 0.5) is 0 Å². The first kappa shape index (κ1) is 25.5. The van der Waals surface area contributed by atoms with E-state index in [1.54, 1.807) is 24.3 Å². The van der Waals surface area contributed by atoms with Gasteiger partial charge in [0.15, 0.2) is 5.65 Å². The maximum absolute atomic E-state index is 13.3. The number of carboxylic acids is 1. The topological polar surface area (TPSA) is 105 Å². The van der Waals surface area contributed by atoms with E-state index >= 15 is 0 Å². The third kappa shape index (κ3) is 5.54. The first-order valence-electron chi connectivity index (χ1n) is 14.2. The highest BCUT2D eigenvalue weighted by Gasteiger charge is 2.31. The van der Waals surface area contributed by atoms with Crippen LogP contribution in [0, 0.1) is 17.8 Å². The molecule has 0 amide bonds. The van der Waals surface area contributed by atoms with Gasteiger partial charge in [0.05, 0.1) is 23.9 Å². The highest BCUT2D eigenvalue weighted by molar-refractivity contribution is 6.05. The summed E-state index contributed by atoms with van der Waals surface area (Å²) in [5, 5.41) is 11.4. The van der Waals surface area contributed by atoms with Crippen molar-refractivity contribution >= 4 is 33.7 Å². The van der Waals surface area contributed by atoms with Crippen LogP contribution in [0.25, 0.3) is 21.9 Å². The van der Waals surface area contributed by atoms with E-state index in [1.165, 1.54) is 10.9 Å². The molecule has 4 aromatic rings. The Bertz CT molecular complexity index is 1470. The fourth-order valence-corrected chi connectivity index (χ4v) is 6.85. The molecule has 0 aliphatic heterocycles. The van der Waals surface area contributed by atoms with Crippen LogP contribution in [0.1, 0.15) is 79.6 Å². The van der Waals surface area contributed by atoms with Gasteiger partial charge in [-0.25, -0.2) is 14.8 Å². The number of aromatic nitrogens is 3. The van der Waals surface area contributed by atoms with Gasteiger partial charge >= 0.3 is 5.97 Å². The third-order valence-electron chi connectivity index (χ3n) is 8.91. The summed E-state index contributed by atoms with van der Waals surface area (Å²) >= 11 is 0. The number of rotatable bonds is 8. The first-order valence-corrected chi connectivity index (χ1v) is 14.2. The summed E-state index contributed by atoms with van der Waals surface area (Å²) in [5.74, 6) is 1.71. The molecule has 39 heavy (non-hydrogen) atoms. The van der Waals surface area contributed by atoms with Gasteiger partial charge in [0, 0.05) is 35.5 Å². The second-order valence-corrected chi connectivity index (χ2v) is 11.4. The predicted molar refractivity (Wildman–Crippen MR) is 150 cm³/mol. The second-order valence-electron chi connectivity index (χ2n) is 11.4. The smallest absolute Gasteiger partial charge is 0.335 e. The van der Waals surface area contributed by atoms with Crippen LogP contribution in [0.5, 0.6) is 5.75 Å². The number of hydrogen-bond donors (Lipinski definition) is 2. The molecule has 3 aromatic heterocycles. The van der Waals surface area contributed by atoms with E-state index in [2.05, 4.69) is 27.1 Å². The van der Waals surface area contributed by atoms with E-state index in [1.807, 2.05) is 18.6 Å². The molecule has 0 spiro atoms. The number of hydrogen-bond acceptors (Lipinski definition) is 5. The Labute approximate surface area is 228 Å². The second kappa shape index (κ2) is 11.2. The van der Waals surface area contributed by atoms with Gasteiger partial charge in [-0.05, 0) is 105 Å². The molecule has 0 radical (unpaired) electrons. The van der Waals surface area contributed by atoms with Gasteiger partial charge in [-0.2, -0.15) is 0 Å². The monoisotopic (exact) mass is 525 g/mol. The van der Waals surface area contributed by atoms with Crippen molar-refractivity contribution in [2.75, 3.05) is 6.61 Å². The summed E-state index contributed by atoms with van der Waals surface area (Å²) in [5.41, 5.74) is 3.44. The maximum Gasteiger partial charge on any atom is 0.335 e. The zero-order valence-electron chi connectivity index (χ0n) is 22.1. The quantitative estimate of drug-likeness (QED) is 0.258. The van der Waals surface area contributed by atoms with Gasteiger partial charge in [-0.15, -0.1) is 0 Å². The zero-order valence-corrected chi connectivity index (χ0v) is 22.1. The maximum atomic E-state index is 13.3. The molecule has 1 aromatic carbocycles. The number of nitrogens with zero attached hydrogens (tertiary/aromatic N) is 2. The summed E-state index contributed by atoms with van der Waals surface area (Å²) in [7, 11) is 0. The summed E-state index contributed by atoms with van der Waals surface area (Å²) in [4.78, 5) is 36.6. The SMILES string of the molecule is O=C(O)c1ccc(OCC2CCCC(CC(=O)C3CCC(c4cc[nH]c5cnc6nccc6c45)CC3)C2)cc1. The average Bonchev–Trinajstić information content (AvgIpc) is 3.46. The number of H-pyrrole nitrogens is 1. The van der Waals surface area contributed by atoms with Crippen LogP contribution >= 0.6 is 0 Å². The van der Waals surface area contributed by atoms with Gasteiger partial charge in [0.2, 0.25) is 0 Å². The molecule has 2 unspecified atom stereocenters. The molecular formula is C32H35N3O4. The molecule has 2 fully saturated rings. The molecule has 2 N–H and O–H groups in total. The number of benzene rings is 1. The Morgan fingerprint density at radius 3 is 2.54 bits per heavy atom. The number of aromatic amines is 1. The van der Waals surface area contributed by atoms with Crippen LogP contribution < -0.4 is 4.74 Å². The average molecular weight is 526 g/mol. The first-order chi connectivity index (χ1) is 19.0. The minimum atomic E-state index is -0.934. The molecule has 3 heterocycles. The van der Waals surface area contributed by atoms with Crippen LogP contribution in [0.15, 0.2) is 55.0 Å². The summed E-state index contributed by atoms with van der Waals surface area (Å²) in [6.45, 7) is 0.617. The van der Waals surface area contributed by atoms with Gasteiger partial charge in [-0.1, -0.05) is 6.42 Å². The molecule has 2 atom stereocenters. The van der Waals surface area contributed by atoms with Crippen molar-refractivity contribution in [1.29, 1.82) is 0 Å². The van der Waals surface area contributed by atoms with Crippen molar-refractivity contribution in [2.24, 2.45) is 17.8 Å². The number of nitrogens with one attached hydrogen (secondary N) is 1. The van der Waals surface area contributed by atoms with Crippen LogP contribution in [0.2, 0.25) is 0 Å². The molecule has 6 rings (SSSR count). The normalized spacial score (nSPS) is 23.6. The minimum Gasteiger partial charge on any atom is -0.493 e. The Hall–Kier alpha value is -3.74. The largest absolute Gasteiger partial charge is 0.493 e. The lowest BCUT2D eigenvalue weighted by Gasteiger charge is -2.32. The van der Waals surface area contributed by atoms with Gasteiger partial charge in [0.1, 0.15) is 11.5 Å². The fourth-order valence-electron chi connectivity index (χ4n) is 6.85. The van der Waals surface area contributed by atoms with Crippen molar-refractivity contribution in [1.82, 2.24) is 15.0 Å². The van der Waals surface area contributed by atoms with Crippen molar-refractivity contribution < 1.29 is 19.4 Å². The van der Waals surface area contributed by atoms with Crippen LogP contribution in [-0.2, 0) is 4.79 Å². The number of carboxylic acid groups (broad SMARTS) is 1. The summed E-state index contributed by atoms with van der Waals surface area (Å²) in [6, 6.07) is 10.8. The van der Waals surface area contributed by atoms with Gasteiger partial charge in [-0.3, -0.25) is 4.79 Å². The molecule has 7 nitrogen and oxygen atoms in total. The number of pyridine rings is 2. The summed E-state index contributed by atoms with van der Waals surface area (Å²) < 4.78 is 5.97. The van der Waals surface area contributed by atoms with E-state index in [-0.39, 0.29) is 11.5 Å². The standard InChI is InChI=1S/C32H35N3O4/c36-29(17-20-2-1-3-21(16-20)19-39-25-10-8-24(9-11-25)32(37)38)23-6-4-22(5-7-23)26-12-14-33-28-18-35-31-27(30(26)28)13-15-34-31/h8-15,18,20-23,33H,1-7,16-17,19H2,(H,37,38). The van der Waals surface area contributed by atoms with Crippen molar-refractivity contribution in [2.45, 2.75) is 63.7 Å². The van der Waals surface area contributed by atoms with Crippen molar-refractivity contribution in [3.63, 3.8) is 0 Å². The Kier molecular flexibility index (Phi) is 7.31. The minimum absolute atomic E-state index is 0.175. The molecule has 202 valence electrons. The van der Waals surface area contributed by atoms with E-state index in [0.717, 1.165) is 67.9 Å². The lowest BCUT2D eigenvalue weighted by molar-refractivity contribution is -0.125. The van der Waals surface area contributed by atoms with E-state index in [4.69, 9.17) is 9.84 Å². The number of carbonyl (C=O) groups excluding carboxylic acids is 1. The van der Waals surface area contributed by atoms with Gasteiger partial charge < -0.3 is 14.8 Å². The molecule has 0 saturated heterocycles. The number of aromatic carboxylic acids is 1. The Morgan fingerprint density at radius 1 is 0.949 bits per heavy atom. The Balaban J connectivity index is 1.02. The van der Waals surface area contributed by atoms with E-state index < -0.39 is 5.97 Å². The lowest BCUT2D eigenvalue weighted by atomic mass is 9.73. The number of ether oxygens (including phenoxy) is 1. The number of carbonyl (C=O) groups is 2. The lowest BCUT2D eigenvalue weighted by Crippen LogP contribution is -2.27. The highest BCUT2D eigenvalue weighted by atomic mass is 16.5. The number of Topliss-reactive ketones (excluding diaryl/α,β-unsaturated/α-hetero) is 1. The van der Waals surface area contributed by atoms with E-state index in [9.17, 15) is 9.59 Å². The molecule has 7 heteroatoms.